The molecule has 0 saturated carbocycles. The second-order valence-corrected chi connectivity index (χ2v) is 6.84. The molecule has 0 aliphatic heterocycles. The molecule has 130 valence electrons. The van der Waals surface area contributed by atoms with Crippen molar-refractivity contribution in [3.8, 4) is 0 Å². The van der Waals surface area contributed by atoms with E-state index in [0.717, 1.165) is 16.5 Å². The van der Waals surface area contributed by atoms with Crippen LogP contribution in [0.3, 0.4) is 0 Å². The minimum atomic E-state index is -0.884. The predicted molar refractivity (Wildman–Crippen MR) is 92.0 cm³/mol. The molecule has 0 radical (unpaired) electrons. The number of carboxylic acids is 1. The Morgan fingerprint density at radius 3 is 2.67 bits per heavy atom. The van der Waals surface area contributed by atoms with Crippen molar-refractivity contribution < 1.29 is 19.4 Å². The summed E-state index contributed by atoms with van der Waals surface area (Å²) in [4.78, 5) is 26.1. The molecule has 1 heterocycles. The van der Waals surface area contributed by atoms with Gasteiger partial charge in [0, 0.05) is 29.6 Å². The molecule has 1 amide bonds. The van der Waals surface area contributed by atoms with E-state index in [1.807, 2.05) is 30.5 Å². The van der Waals surface area contributed by atoms with Crippen LogP contribution in [0.2, 0.25) is 0 Å². The third kappa shape index (κ3) is 5.30. The highest BCUT2D eigenvalue weighted by molar-refractivity contribution is 5.83. The fourth-order valence-corrected chi connectivity index (χ4v) is 2.56. The molecule has 1 aromatic carbocycles. The van der Waals surface area contributed by atoms with Gasteiger partial charge in [-0.05, 0) is 45.2 Å². The van der Waals surface area contributed by atoms with Crippen molar-refractivity contribution in [2.75, 3.05) is 0 Å². The number of fused-ring (bicyclic) bond motifs is 1. The first-order valence-electron chi connectivity index (χ1n) is 8.01. The number of nitrogens with one attached hydrogen (secondary N) is 2. The van der Waals surface area contributed by atoms with Gasteiger partial charge in [0.15, 0.2) is 0 Å². The molecule has 1 atom stereocenters. The molecule has 2 rings (SSSR count). The smallest absolute Gasteiger partial charge is 0.407 e. The Morgan fingerprint density at radius 2 is 2.00 bits per heavy atom. The van der Waals surface area contributed by atoms with Gasteiger partial charge in [0.2, 0.25) is 0 Å². The summed E-state index contributed by atoms with van der Waals surface area (Å²) in [6.07, 6.45) is 2.24. The summed E-state index contributed by atoms with van der Waals surface area (Å²) in [7, 11) is 0. The molecule has 0 fully saturated rings. The number of benzene rings is 1. The summed E-state index contributed by atoms with van der Waals surface area (Å²) in [5.74, 6) is -0.884. The van der Waals surface area contributed by atoms with Gasteiger partial charge in [0.25, 0.3) is 0 Å². The quantitative estimate of drug-likeness (QED) is 0.755. The number of alkyl carbamates (subject to hydrolysis) is 1. The molecule has 0 aliphatic carbocycles. The fraction of sp³-hybridized carbons (Fsp3) is 0.444. The molecule has 6 nitrogen and oxygen atoms in total. The highest BCUT2D eigenvalue weighted by atomic mass is 16.6. The molecule has 1 aromatic heterocycles. The summed E-state index contributed by atoms with van der Waals surface area (Å²) in [5.41, 5.74) is 1.46. The van der Waals surface area contributed by atoms with Crippen molar-refractivity contribution in [2.45, 2.75) is 51.7 Å². The van der Waals surface area contributed by atoms with Crippen LogP contribution in [0.5, 0.6) is 0 Å². The Hall–Kier alpha value is -2.50. The topological polar surface area (TPSA) is 91.4 Å². The maximum absolute atomic E-state index is 12.0. The van der Waals surface area contributed by atoms with Gasteiger partial charge in [-0.1, -0.05) is 18.2 Å². The lowest BCUT2D eigenvalue weighted by Gasteiger charge is -2.23. The Kier molecular flexibility index (Phi) is 5.49. The van der Waals surface area contributed by atoms with Crippen molar-refractivity contribution >= 4 is 23.0 Å². The minimum Gasteiger partial charge on any atom is -0.481 e. The number of ether oxygens (including phenoxy) is 1. The number of aromatic amines is 1. The van der Waals surface area contributed by atoms with Crippen LogP contribution >= 0.6 is 0 Å². The Bertz CT molecular complexity index is 715. The number of aromatic nitrogens is 1. The monoisotopic (exact) mass is 332 g/mol. The third-order valence-corrected chi connectivity index (χ3v) is 3.57. The van der Waals surface area contributed by atoms with Crippen LogP contribution in [-0.4, -0.2) is 33.8 Å². The molecule has 0 bridgehead atoms. The van der Waals surface area contributed by atoms with E-state index in [2.05, 4.69) is 10.3 Å². The first-order valence-corrected chi connectivity index (χ1v) is 8.01. The number of carboxylic acid groups (broad SMARTS) is 1. The molecule has 6 heteroatoms. The van der Waals surface area contributed by atoms with E-state index < -0.39 is 17.7 Å². The van der Waals surface area contributed by atoms with Crippen molar-refractivity contribution in [1.29, 1.82) is 0 Å². The summed E-state index contributed by atoms with van der Waals surface area (Å²) in [6, 6.07) is 7.57. The number of para-hydroxylation sites is 1. The van der Waals surface area contributed by atoms with Crippen LogP contribution in [0.4, 0.5) is 4.79 Å². The van der Waals surface area contributed by atoms with Crippen LogP contribution in [0.15, 0.2) is 30.5 Å². The molecule has 0 spiro atoms. The zero-order valence-electron chi connectivity index (χ0n) is 14.3. The zero-order valence-corrected chi connectivity index (χ0v) is 14.3. The van der Waals surface area contributed by atoms with Gasteiger partial charge in [-0.2, -0.15) is 0 Å². The number of hydrogen-bond acceptors (Lipinski definition) is 3. The minimum absolute atomic E-state index is 0.0111. The number of carbonyl (C=O) groups excluding carboxylic acids is 1. The van der Waals surface area contributed by atoms with E-state index in [0.29, 0.717) is 12.8 Å². The lowest BCUT2D eigenvalue weighted by molar-refractivity contribution is -0.137. The lowest BCUT2D eigenvalue weighted by atomic mass is 10.0. The summed E-state index contributed by atoms with van der Waals surface area (Å²) >= 11 is 0. The predicted octanol–water partition coefficient (Wildman–Crippen LogP) is 3.47. The van der Waals surface area contributed by atoms with E-state index in [1.54, 1.807) is 20.8 Å². The highest BCUT2D eigenvalue weighted by Gasteiger charge is 2.21. The largest absolute Gasteiger partial charge is 0.481 e. The molecule has 24 heavy (non-hydrogen) atoms. The summed E-state index contributed by atoms with van der Waals surface area (Å²) in [6.45, 7) is 5.37. The number of aliphatic carboxylic acids is 1. The van der Waals surface area contributed by atoms with Crippen LogP contribution in [-0.2, 0) is 16.0 Å². The first kappa shape index (κ1) is 17.8. The summed E-state index contributed by atoms with van der Waals surface area (Å²) in [5, 5.41) is 12.8. The molecule has 2 aromatic rings. The van der Waals surface area contributed by atoms with E-state index in [9.17, 15) is 9.59 Å². The van der Waals surface area contributed by atoms with Crippen LogP contribution in [0.25, 0.3) is 10.9 Å². The van der Waals surface area contributed by atoms with Crippen molar-refractivity contribution in [3.63, 3.8) is 0 Å². The number of hydrogen-bond donors (Lipinski definition) is 3. The second kappa shape index (κ2) is 7.38. The van der Waals surface area contributed by atoms with Gasteiger partial charge in [0.1, 0.15) is 5.60 Å². The van der Waals surface area contributed by atoms with Gasteiger partial charge in [0.05, 0.1) is 0 Å². The Morgan fingerprint density at radius 1 is 1.29 bits per heavy atom. The van der Waals surface area contributed by atoms with Crippen LogP contribution in [0, 0.1) is 0 Å². The normalized spacial score (nSPS) is 12.8. The second-order valence-electron chi connectivity index (χ2n) is 6.84. The van der Waals surface area contributed by atoms with Crippen LogP contribution in [0.1, 0.15) is 39.2 Å². The number of amides is 1. The lowest BCUT2D eigenvalue weighted by Crippen LogP contribution is -2.40. The third-order valence-electron chi connectivity index (χ3n) is 3.57. The van der Waals surface area contributed by atoms with Gasteiger partial charge >= 0.3 is 12.1 Å². The van der Waals surface area contributed by atoms with E-state index in [1.165, 1.54) is 0 Å². The number of H-pyrrole nitrogens is 1. The van der Waals surface area contributed by atoms with Crippen LogP contribution < -0.4 is 5.32 Å². The molecule has 0 saturated heterocycles. The Balaban J connectivity index is 2.10. The van der Waals surface area contributed by atoms with Gasteiger partial charge < -0.3 is 20.1 Å². The van der Waals surface area contributed by atoms with Crippen molar-refractivity contribution in [3.05, 3.63) is 36.0 Å². The van der Waals surface area contributed by atoms with Gasteiger partial charge in [-0.15, -0.1) is 0 Å². The maximum atomic E-state index is 12.0. The van der Waals surface area contributed by atoms with E-state index in [4.69, 9.17) is 9.84 Å². The maximum Gasteiger partial charge on any atom is 0.407 e. The average Bonchev–Trinajstić information content (AvgIpc) is 2.86. The van der Waals surface area contributed by atoms with Crippen molar-refractivity contribution in [2.24, 2.45) is 0 Å². The fourth-order valence-electron chi connectivity index (χ4n) is 2.56. The van der Waals surface area contributed by atoms with E-state index in [-0.39, 0.29) is 12.5 Å². The molecular weight excluding hydrogens is 308 g/mol. The molecule has 3 N–H and O–H groups in total. The Labute approximate surface area is 141 Å². The molecular formula is C18H24N2O4. The van der Waals surface area contributed by atoms with Gasteiger partial charge in [-0.25, -0.2) is 4.79 Å². The SMILES string of the molecule is CC(C)(C)OC(=O)N[C@@H](CCC(=O)O)Cc1c[nH]c2ccccc12. The van der Waals surface area contributed by atoms with Gasteiger partial charge in [-0.3, -0.25) is 4.79 Å². The van der Waals surface area contributed by atoms with Crippen molar-refractivity contribution in [1.82, 2.24) is 10.3 Å². The van der Waals surface area contributed by atoms with E-state index >= 15 is 0 Å². The number of carbonyl (C=O) groups is 2. The molecule has 0 aliphatic rings. The summed E-state index contributed by atoms with van der Waals surface area (Å²) < 4.78 is 5.28. The standard InChI is InChI=1S/C18H24N2O4/c1-18(2,3)24-17(23)20-13(8-9-16(21)22)10-12-11-19-15-7-5-4-6-14(12)15/h4-7,11,13,19H,8-10H2,1-3H3,(H,20,23)(H,21,22)/t13-/m0/s1. The molecule has 0 unspecified atom stereocenters. The first-order chi connectivity index (χ1) is 11.2. The average molecular weight is 332 g/mol. The zero-order chi connectivity index (χ0) is 17.7. The highest BCUT2D eigenvalue weighted by Crippen LogP contribution is 2.20. The number of rotatable bonds is 6.